The van der Waals surface area contributed by atoms with Crippen molar-refractivity contribution in [3.63, 3.8) is 0 Å². The summed E-state index contributed by atoms with van der Waals surface area (Å²) in [4.78, 5) is 11.0. The van der Waals surface area contributed by atoms with Gasteiger partial charge in [0.2, 0.25) is 0 Å². The van der Waals surface area contributed by atoms with Gasteiger partial charge in [0.25, 0.3) is 0 Å². The lowest BCUT2D eigenvalue weighted by Gasteiger charge is -2.43. The molecule has 0 aromatic rings. The third-order valence-corrected chi connectivity index (χ3v) is 2.72. The number of ketones is 1. The highest BCUT2D eigenvalue weighted by Gasteiger charge is 2.42. The Bertz CT molecular complexity index is 172. The zero-order chi connectivity index (χ0) is 7.78. The molecule has 1 nitrogen and oxygen atoms in total. The normalized spacial score (nSPS) is 38.4. The number of Topliss-reactive ketones (excluding diaryl/α,β-unsaturated/α-hetero) is 1. The maximum Gasteiger partial charge on any atom is 0.133 e. The Balaban J connectivity index is 2.66. The SMILES string of the molecule is C=C[C@@]1(C)CC[C@@H]1C(C)=O. The smallest absolute Gasteiger partial charge is 0.133 e. The van der Waals surface area contributed by atoms with Crippen molar-refractivity contribution in [2.45, 2.75) is 26.7 Å². The molecule has 0 bridgehead atoms. The fourth-order valence-corrected chi connectivity index (χ4v) is 1.66. The molecular weight excluding hydrogens is 124 g/mol. The Labute approximate surface area is 62.1 Å². The van der Waals surface area contributed by atoms with Crippen molar-refractivity contribution in [1.29, 1.82) is 0 Å². The summed E-state index contributed by atoms with van der Waals surface area (Å²) in [6, 6.07) is 0. The molecule has 0 aliphatic heterocycles. The van der Waals surface area contributed by atoms with Crippen molar-refractivity contribution in [2.75, 3.05) is 0 Å². The van der Waals surface area contributed by atoms with E-state index >= 15 is 0 Å². The molecule has 1 aliphatic carbocycles. The first kappa shape index (κ1) is 7.52. The van der Waals surface area contributed by atoms with Crippen LogP contribution in [0.15, 0.2) is 12.7 Å². The average molecular weight is 138 g/mol. The quantitative estimate of drug-likeness (QED) is 0.534. The summed E-state index contributed by atoms with van der Waals surface area (Å²) in [6.45, 7) is 7.51. The lowest BCUT2D eigenvalue weighted by Crippen LogP contribution is -2.39. The van der Waals surface area contributed by atoms with E-state index in [-0.39, 0.29) is 11.3 Å². The molecule has 1 fully saturated rings. The third-order valence-electron chi connectivity index (χ3n) is 2.72. The van der Waals surface area contributed by atoms with Crippen LogP contribution in [0.25, 0.3) is 0 Å². The van der Waals surface area contributed by atoms with Crippen LogP contribution in [0.4, 0.5) is 0 Å². The van der Waals surface area contributed by atoms with E-state index in [4.69, 9.17) is 0 Å². The number of hydrogen-bond donors (Lipinski definition) is 0. The molecule has 0 aromatic carbocycles. The fourth-order valence-electron chi connectivity index (χ4n) is 1.66. The van der Waals surface area contributed by atoms with Crippen LogP contribution in [-0.4, -0.2) is 5.78 Å². The summed E-state index contributed by atoms with van der Waals surface area (Å²) >= 11 is 0. The van der Waals surface area contributed by atoms with Gasteiger partial charge in [-0.05, 0) is 25.2 Å². The van der Waals surface area contributed by atoms with Gasteiger partial charge in [-0.25, -0.2) is 0 Å². The zero-order valence-electron chi connectivity index (χ0n) is 6.68. The van der Waals surface area contributed by atoms with Gasteiger partial charge >= 0.3 is 0 Å². The second-order valence-electron chi connectivity index (χ2n) is 3.41. The van der Waals surface area contributed by atoms with E-state index in [0.717, 1.165) is 12.8 Å². The van der Waals surface area contributed by atoms with E-state index in [0.29, 0.717) is 5.78 Å². The first-order valence-corrected chi connectivity index (χ1v) is 3.74. The van der Waals surface area contributed by atoms with Gasteiger partial charge in [0, 0.05) is 5.92 Å². The Kier molecular flexibility index (Phi) is 1.67. The topological polar surface area (TPSA) is 17.1 Å². The van der Waals surface area contributed by atoms with Crippen molar-refractivity contribution in [3.8, 4) is 0 Å². The minimum atomic E-state index is 0.117. The van der Waals surface area contributed by atoms with Crippen molar-refractivity contribution in [3.05, 3.63) is 12.7 Å². The lowest BCUT2D eigenvalue weighted by atomic mass is 9.60. The average Bonchev–Trinajstić information content (AvgIpc) is 1.83. The summed E-state index contributed by atoms with van der Waals surface area (Å²) in [5.41, 5.74) is 0.117. The van der Waals surface area contributed by atoms with E-state index in [1.165, 1.54) is 0 Å². The molecule has 0 saturated heterocycles. The van der Waals surface area contributed by atoms with E-state index in [2.05, 4.69) is 13.5 Å². The molecule has 1 rings (SSSR count). The molecule has 1 aliphatic rings. The molecule has 0 spiro atoms. The minimum absolute atomic E-state index is 0.117. The molecule has 10 heavy (non-hydrogen) atoms. The first-order valence-electron chi connectivity index (χ1n) is 3.74. The first-order chi connectivity index (χ1) is 4.60. The molecule has 0 heterocycles. The van der Waals surface area contributed by atoms with Crippen molar-refractivity contribution in [1.82, 2.24) is 0 Å². The standard InChI is InChI=1S/C9H14O/c1-4-9(3)6-5-8(9)7(2)10/h4,8H,1,5-6H2,2-3H3/t8-,9+/m1/s1. The highest BCUT2D eigenvalue weighted by atomic mass is 16.1. The maximum atomic E-state index is 11.0. The number of carbonyl (C=O) groups is 1. The highest BCUT2D eigenvalue weighted by molar-refractivity contribution is 5.80. The fraction of sp³-hybridized carbons (Fsp3) is 0.667. The molecule has 56 valence electrons. The van der Waals surface area contributed by atoms with Crippen LogP contribution in [0.1, 0.15) is 26.7 Å². The molecule has 0 aromatic heterocycles. The zero-order valence-corrected chi connectivity index (χ0v) is 6.68. The van der Waals surface area contributed by atoms with Crippen LogP contribution in [0.5, 0.6) is 0 Å². The molecular formula is C9H14O. The van der Waals surface area contributed by atoms with Crippen molar-refractivity contribution in [2.24, 2.45) is 11.3 Å². The molecule has 0 N–H and O–H groups in total. The van der Waals surface area contributed by atoms with Crippen molar-refractivity contribution < 1.29 is 4.79 Å². The van der Waals surface area contributed by atoms with Gasteiger partial charge in [-0.3, -0.25) is 4.79 Å². The van der Waals surface area contributed by atoms with E-state index in [1.807, 2.05) is 6.08 Å². The van der Waals surface area contributed by atoms with Crippen molar-refractivity contribution >= 4 is 5.78 Å². The minimum Gasteiger partial charge on any atom is -0.300 e. The lowest BCUT2D eigenvalue weighted by molar-refractivity contribution is -0.128. The molecule has 2 atom stereocenters. The third kappa shape index (κ3) is 0.898. The van der Waals surface area contributed by atoms with Gasteiger partial charge in [-0.1, -0.05) is 13.0 Å². The number of allylic oxidation sites excluding steroid dienone is 1. The summed E-state index contributed by atoms with van der Waals surface area (Å²) in [5, 5.41) is 0. The van der Waals surface area contributed by atoms with Crippen LogP contribution in [0.2, 0.25) is 0 Å². The van der Waals surface area contributed by atoms with Gasteiger partial charge in [0.15, 0.2) is 0 Å². The van der Waals surface area contributed by atoms with Crippen LogP contribution in [0, 0.1) is 11.3 Å². The van der Waals surface area contributed by atoms with E-state index in [9.17, 15) is 4.79 Å². The highest BCUT2D eigenvalue weighted by Crippen LogP contribution is 2.47. The number of rotatable bonds is 2. The molecule has 1 saturated carbocycles. The molecule has 1 heteroatoms. The Morgan fingerprint density at radius 3 is 2.50 bits per heavy atom. The van der Waals surface area contributed by atoms with Crippen LogP contribution >= 0.6 is 0 Å². The Hall–Kier alpha value is -0.590. The summed E-state index contributed by atoms with van der Waals surface area (Å²) in [5.74, 6) is 0.568. The van der Waals surface area contributed by atoms with Gasteiger partial charge in [0.05, 0.1) is 0 Å². The van der Waals surface area contributed by atoms with Crippen LogP contribution < -0.4 is 0 Å². The Morgan fingerprint density at radius 1 is 1.80 bits per heavy atom. The summed E-state index contributed by atoms with van der Waals surface area (Å²) in [7, 11) is 0. The number of carbonyl (C=O) groups excluding carboxylic acids is 1. The predicted octanol–water partition coefficient (Wildman–Crippen LogP) is 2.18. The van der Waals surface area contributed by atoms with Gasteiger partial charge in [-0.15, -0.1) is 6.58 Å². The van der Waals surface area contributed by atoms with Crippen LogP contribution in [-0.2, 0) is 4.79 Å². The largest absolute Gasteiger partial charge is 0.300 e. The molecule has 0 radical (unpaired) electrons. The molecule has 0 unspecified atom stereocenters. The van der Waals surface area contributed by atoms with Gasteiger partial charge in [-0.2, -0.15) is 0 Å². The number of hydrogen-bond acceptors (Lipinski definition) is 1. The van der Waals surface area contributed by atoms with Gasteiger partial charge < -0.3 is 0 Å². The monoisotopic (exact) mass is 138 g/mol. The molecule has 0 amide bonds. The Morgan fingerprint density at radius 2 is 2.40 bits per heavy atom. The second-order valence-corrected chi connectivity index (χ2v) is 3.41. The van der Waals surface area contributed by atoms with Crippen LogP contribution in [0.3, 0.4) is 0 Å². The predicted molar refractivity (Wildman–Crippen MR) is 41.7 cm³/mol. The second kappa shape index (κ2) is 2.22. The summed E-state index contributed by atoms with van der Waals surface area (Å²) in [6.07, 6.45) is 4.10. The maximum absolute atomic E-state index is 11.0. The van der Waals surface area contributed by atoms with E-state index in [1.54, 1.807) is 6.92 Å². The van der Waals surface area contributed by atoms with E-state index < -0.39 is 0 Å². The summed E-state index contributed by atoms with van der Waals surface area (Å²) < 4.78 is 0. The van der Waals surface area contributed by atoms with Gasteiger partial charge in [0.1, 0.15) is 5.78 Å².